The fourth-order valence-electron chi connectivity index (χ4n) is 0.975. The van der Waals surface area contributed by atoms with Gasteiger partial charge in [0.05, 0.1) is 0 Å². The van der Waals surface area contributed by atoms with Gasteiger partial charge in [-0.2, -0.15) is 34.8 Å². The number of carboxylic acid groups (broad SMARTS) is 1. The van der Waals surface area contributed by atoms with E-state index in [4.69, 9.17) is 10.8 Å². The van der Waals surface area contributed by atoms with E-state index in [2.05, 4.69) is 4.18 Å². The molecule has 0 amide bonds. The number of carboxylic acids is 1. The van der Waals surface area contributed by atoms with E-state index in [9.17, 15) is 48.3 Å². The molecule has 6 nitrogen and oxygen atoms in total. The highest BCUT2D eigenvalue weighted by atomic mass is 32.2. The van der Waals surface area contributed by atoms with Crippen LogP contribution in [0.1, 0.15) is 0 Å². The summed E-state index contributed by atoms with van der Waals surface area (Å²) in [5, 5.41) is 8.27. The van der Waals surface area contributed by atoms with Crippen molar-refractivity contribution >= 4 is 16.1 Å². The molecule has 138 valence electrons. The fourth-order valence-corrected chi connectivity index (χ4v) is 1.98. The van der Waals surface area contributed by atoms with Crippen LogP contribution in [0.3, 0.4) is 0 Å². The summed E-state index contributed by atoms with van der Waals surface area (Å²) in [6, 6.07) is -2.18. The Morgan fingerprint density at radius 2 is 1.57 bits per heavy atom. The summed E-state index contributed by atoms with van der Waals surface area (Å²) in [6.07, 6.45) is -5.17. The van der Waals surface area contributed by atoms with E-state index in [-0.39, 0.29) is 0 Å². The maximum Gasteiger partial charge on any atom is 0.380 e. The zero-order chi connectivity index (χ0) is 18.9. The summed E-state index contributed by atoms with van der Waals surface area (Å²) < 4.78 is 125. The molecule has 1 unspecified atom stereocenters. The number of carbonyl (C=O) groups is 1. The van der Waals surface area contributed by atoms with E-state index in [1.165, 1.54) is 0 Å². The van der Waals surface area contributed by atoms with Crippen molar-refractivity contribution in [3.63, 3.8) is 0 Å². The lowest BCUT2D eigenvalue weighted by atomic mass is 10.1. The van der Waals surface area contributed by atoms with Crippen LogP contribution in [0.15, 0.2) is 0 Å². The van der Waals surface area contributed by atoms with Gasteiger partial charge in [-0.05, 0) is 0 Å². The van der Waals surface area contributed by atoms with Crippen LogP contribution in [-0.2, 0) is 19.1 Å². The SMILES string of the molecule is NC(CS(=O)(=O)OCC(F)(F)C(F)(F)C(F)(F)C(F)F)C(=O)O. The molecule has 0 fully saturated rings. The summed E-state index contributed by atoms with van der Waals surface area (Å²) >= 11 is 0. The third-order valence-corrected chi connectivity index (χ3v) is 3.52. The second-order valence-electron chi connectivity index (χ2n) is 4.13. The van der Waals surface area contributed by atoms with Crippen LogP contribution in [-0.4, -0.2) is 62.1 Å². The Morgan fingerprint density at radius 1 is 1.13 bits per heavy atom. The number of hydrogen-bond acceptors (Lipinski definition) is 5. The molecule has 0 bridgehead atoms. The highest BCUT2D eigenvalue weighted by Crippen LogP contribution is 2.48. The van der Waals surface area contributed by atoms with Crippen molar-refractivity contribution in [3.05, 3.63) is 0 Å². The summed E-state index contributed by atoms with van der Waals surface area (Å²) in [5.74, 6) is -22.7. The molecule has 0 radical (unpaired) electrons. The van der Waals surface area contributed by atoms with Gasteiger partial charge in [0.1, 0.15) is 18.4 Å². The maximum atomic E-state index is 13.0. The number of nitrogens with two attached hydrogens (primary N) is 1. The van der Waals surface area contributed by atoms with Crippen LogP contribution in [0, 0.1) is 0 Å². The average Bonchev–Trinajstić information content (AvgIpc) is 2.35. The van der Waals surface area contributed by atoms with Crippen molar-refractivity contribution in [1.82, 2.24) is 0 Å². The fraction of sp³-hybridized carbons (Fsp3) is 0.875. The first-order chi connectivity index (χ1) is 9.98. The van der Waals surface area contributed by atoms with E-state index >= 15 is 0 Å². The Bertz CT molecular complexity index is 537. The topological polar surface area (TPSA) is 107 Å². The van der Waals surface area contributed by atoms with Crippen LogP contribution in [0.25, 0.3) is 0 Å². The van der Waals surface area contributed by atoms with Gasteiger partial charge in [-0.1, -0.05) is 0 Å². The summed E-state index contributed by atoms with van der Waals surface area (Å²) in [7, 11) is -5.24. The molecule has 0 aromatic heterocycles. The Labute approximate surface area is 123 Å². The van der Waals surface area contributed by atoms with Crippen LogP contribution >= 0.6 is 0 Å². The summed E-state index contributed by atoms with van der Waals surface area (Å²) in [6.45, 7) is -2.92. The molecule has 0 saturated heterocycles. The minimum Gasteiger partial charge on any atom is -0.480 e. The summed E-state index contributed by atoms with van der Waals surface area (Å²) in [5.41, 5.74) is 4.72. The number of alkyl halides is 8. The van der Waals surface area contributed by atoms with E-state index in [1.54, 1.807) is 0 Å². The minimum atomic E-state index is -6.64. The predicted molar refractivity (Wildman–Crippen MR) is 56.2 cm³/mol. The third-order valence-electron chi connectivity index (χ3n) is 2.27. The van der Waals surface area contributed by atoms with Crippen LogP contribution in [0.2, 0.25) is 0 Å². The van der Waals surface area contributed by atoms with Crippen LogP contribution < -0.4 is 5.73 Å². The number of hydrogen-bond donors (Lipinski definition) is 2. The van der Waals surface area contributed by atoms with Gasteiger partial charge in [-0.3, -0.25) is 8.98 Å². The van der Waals surface area contributed by atoms with Crippen molar-refractivity contribution in [1.29, 1.82) is 0 Å². The molecule has 0 aliphatic rings. The molecular weight excluding hydrogens is 374 g/mol. The predicted octanol–water partition coefficient (Wildman–Crippen LogP) is 0.916. The number of aliphatic carboxylic acids is 1. The van der Waals surface area contributed by atoms with Gasteiger partial charge in [0, 0.05) is 0 Å². The quantitative estimate of drug-likeness (QED) is 0.453. The molecule has 0 saturated carbocycles. The third kappa shape index (κ3) is 4.87. The largest absolute Gasteiger partial charge is 0.480 e. The van der Waals surface area contributed by atoms with Crippen molar-refractivity contribution < 1.29 is 57.6 Å². The van der Waals surface area contributed by atoms with Gasteiger partial charge in [-0.15, -0.1) is 0 Å². The van der Waals surface area contributed by atoms with Crippen LogP contribution in [0.5, 0.6) is 0 Å². The van der Waals surface area contributed by atoms with Gasteiger partial charge in [0.25, 0.3) is 10.1 Å². The molecule has 1 atom stereocenters. The van der Waals surface area contributed by atoms with Gasteiger partial charge < -0.3 is 10.8 Å². The van der Waals surface area contributed by atoms with Gasteiger partial charge in [0.15, 0.2) is 0 Å². The highest BCUT2D eigenvalue weighted by Gasteiger charge is 2.75. The lowest BCUT2D eigenvalue weighted by Gasteiger charge is -2.31. The van der Waals surface area contributed by atoms with E-state index in [0.29, 0.717) is 0 Å². The van der Waals surface area contributed by atoms with Crippen LogP contribution in [0.4, 0.5) is 35.1 Å². The monoisotopic (exact) mass is 383 g/mol. The molecule has 0 aromatic carbocycles. The van der Waals surface area contributed by atoms with E-state index in [0.717, 1.165) is 0 Å². The Balaban J connectivity index is 5.17. The average molecular weight is 383 g/mol. The number of rotatable bonds is 9. The Hall–Kier alpha value is -1.22. The zero-order valence-corrected chi connectivity index (χ0v) is 11.5. The summed E-state index contributed by atoms with van der Waals surface area (Å²) in [4.78, 5) is 10.2. The molecule has 0 spiro atoms. The van der Waals surface area contributed by atoms with Crippen molar-refractivity contribution in [3.8, 4) is 0 Å². The molecule has 0 aliphatic heterocycles. The van der Waals surface area contributed by atoms with E-state index in [1.807, 2.05) is 0 Å². The second kappa shape index (κ2) is 6.72. The molecule has 15 heteroatoms. The van der Waals surface area contributed by atoms with Gasteiger partial charge in [-0.25, -0.2) is 8.78 Å². The first-order valence-corrected chi connectivity index (χ1v) is 6.83. The second-order valence-corrected chi connectivity index (χ2v) is 5.82. The van der Waals surface area contributed by atoms with E-state index < -0.39 is 58.7 Å². The van der Waals surface area contributed by atoms with Gasteiger partial charge in [0.2, 0.25) is 0 Å². The standard InChI is InChI=1S/C8H9F8NO5S/c9-5(10)7(13,14)8(15,16)6(11,12)2-22-23(20,21)1-3(17)4(18)19/h3,5H,1-2,17H2,(H,18,19). The minimum absolute atomic E-state index is 1.64. The number of halogens is 8. The van der Waals surface area contributed by atoms with Gasteiger partial charge >= 0.3 is 30.2 Å². The normalized spacial score (nSPS) is 15.7. The first kappa shape index (κ1) is 21.8. The van der Waals surface area contributed by atoms with Crippen molar-refractivity contribution in [2.24, 2.45) is 5.73 Å². The lowest BCUT2D eigenvalue weighted by molar-refractivity contribution is -0.342. The first-order valence-electron chi connectivity index (χ1n) is 5.25. The Morgan fingerprint density at radius 3 is 1.91 bits per heavy atom. The molecule has 3 N–H and O–H groups in total. The zero-order valence-electron chi connectivity index (χ0n) is 10.7. The molecular formula is C8H9F8NO5S. The lowest BCUT2D eigenvalue weighted by Crippen LogP contribution is -2.59. The smallest absolute Gasteiger partial charge is 0.380 e. The molecule has 0 heterocycles. The molecule has 0 aliphatic carbocycles. The maximum absolute atomic E-state index is 13.0. The van der Waals surface area contributed by atoms with Crippen molar-refractivity contribution in [2.45, 2.75) is 30.2 Å². The molecule has 0 aromatic rings. The highest BCUT2D eigenvalue weighted by molar-refractivity contribution is 7.86. The van der Waals surface area contributed by atoms with Crippen molar-refractivity contribution in [2.75, 3.05) is 12.4 Å². The molecule has 0 rings (SSSR count). The molecule has 23 heavy (non-hydrogen) atoms. The Kier molecular flexibility index (Phi) is 6.36.